The molecule has 0 saturated heterocycles. The summed E-state index contributed by atoms with van der Waals surface area (Å²) in [5, 5.41) is 3.03. The van der Waals surface area contributed by atoms with Crippen molar-refractivity contribution in [1.82, 2.24) is 10.2 Å². The Hall–Kier alpha value is -3.12. The quantitative estimate of drug-likeness (QED) is 0.371. The molecule has 0 aliphatic heterocycles. The third-order valence-corrected chi connectivity index (χ3v) is 6.63. The summed E-state index contributed by atoms with van der Waals surface area (Å²) in [6, 6.07) is 23.4. The van der Waals surface area contributed by atoms with Crippen LogP contribution in [0.3, 0.4) is 0 Å². The summed E-state index contributed by atoms with van der Waals surface area (Å²) < 4.78 is 14.6. The van der Waals surface area contributed by atoms with Crippen molar-refractivity contribution < 1.29 is 14.0 Å². The minimum atomic E-state index is -0.779. The third-order valence-electron chi connectivity index (χ3n) is 5.64. The molecule has 0 bridgehead atoms. The maximum atomic E-state index is 14.6. The molecular formula is C30H35FN2O2S. The maximum Gasteiger partial charge on any atom is 0.243 e. The van der Waals surface area contributed by atoms with Crippen LogP contribution in [0.5, 0.6) is 0 Å². The molecule has 0 fully saturated rings. The lowest BCUT2D eigenvalue weighted by Crippen LogP contribution is -2.54. The molecule has 1 atom stereocenters. The standard InChI is InChI=1S/C30H35FN2O2S/c1-22-11-10-14-24(17-22)20-36-21-28(34)33(19-25-15-8-9-16-26(25)31)27(29(35)32-30(2,3)4)18-23-12-6-5-7-13-23/h5-17,27H,18-21H2,1-4H3,(H,32,35)/t27-/m0/s1. The molecule has 2 amide bonds. The van der Waals surface area contributed by atoms with E-state index in [-0.39, 0.29) is 24.1 Å². The van der Waals surface area contributed by atoms with Crippen molar-refractivity contribution in [1.29, 1.82) is 0 Å². The van der Waals surface area contributed by atoms with Gasteiger partial charge in [0.15, 0.2) is 0 Å². The highest BCUT2D eigenvalue weighted by atomic mass is 32.2. The molecule has 0 spiro atoms. The molecule has 3 aromatic carbocycles. The molecule has 0 unspecified atom stereocenters. The van der Waals surface area contributed by atoms with Gasteiger partial charge >= 0.3 is 0 Å². The van der Waals surface area contributed by atoms with Crippen LogP contribution in [0.25, 0.3) is 0 Å². The second kappa shape index (κ2) is 12.7. The zero-order valence-electron chi connectivity index (χ0n) is 21.5. The number of halogens is 1. The van der Waals surface area contributed by atoms with Crippen LogP contribution in [-0.4, -0.2) is 34.0 Å². The van der Waals surface area contributed by atoms with Crippen LogP contribution in [-0.2, 0) is 28.3 Å². The average Bonchev–Trinajstić information content (AvgIpc) is 2.82. The van der Waals surface area contributed by atoms with Crippen molar-refractivity contribution in [2.24, 2.45) is 0 Å². The second-order valence-corrected chi connectivity index (χ2v) is 11.0. The van der Waals surface area contributed by atoms with Gasteiger partial charge in [-0.3, -0.25) is 9.59 Å². The van der Waals surface area contributed by atoms with Crippen LogP contribution < -0.4 is 5.32 Å². The van der Waals surface area contributed by atoms with Crippen LogP contribution in [0.1, 0.15) is 43.0 Å². The number of amides is 2. The summed E-state index contributed by atoms with van der Waals surface area (Å²) >= 11 is 1.50. The van der Waals surface area contributed by atoms with E-state index in [4.69, 9.17) is 0 Å². The molecule has 0 aliphatic rings. The summed E-state index contributed by atoms with van der Waals surface area (Å²) in [4.78, 5) is 28.7. The molecule has 3 rings (SSSR count). The number of hydrogen-bond donors (Lipinski definition) is 1. The minimum absolute atomic E-state index is 0.0194. The highest BCUT2D eigenvalue weighted by Crippen LogP contribution is 2.20. The summed E-state index contributed by atoms with van der Waals surface area (Å²) in [5.41, 5.74) is 3.15. The van der Waals surface area contributed by atoms with Gasteiger partial charge in [0, 0.05) is 29.8 Å². The van der Waals surface area contributed by atoms with Gasteiger partial charge in [-0.1, -0.05) is 78.4 Å². The van der Waals surface area contributed by atoms with E-state index in [9.17, 15) is 14.0 Å². The lowest BCUT2D eigenvalue weighted by Gasteiger charge is -2.34. The van der Waals surface area contributed by atoms with Crippen LogP contribution in [0.2, 0.25) is 0 Å². The zero-order chi connectivity index (χ0) is 26.1. The van der Waals surface area contributed by atoms with Crippen molar-refractivity contribution in [2.75, 3.05) is 5.75 Å². The van der Waals surface area contributed by atoms with Gasteiger partial charge in [-0.15, -0.1) is 11.8 Å². The SMILES string of the molecule is Cc1cccc(CSCC(=O)N(Cc2ccccc2F)[C@@H](Cc2ccccc2)C(=O)NC(C)(C)C)c1. The first-order valence-electron chi connectivity index (χ1n) is 12.1. The Bertz CT molecular complexity index is 1160. The van der Waals surface area contributed by atoms with Gasteiger partial charge in [0.1, 0.15) is 11.9 Å². The zero-order valence-corrected chi connectivity index (χ0v) is 22.3. The first-order valence-corrected chi connectivity index (χ1v) is 13.3. The Labute approximate surface area is 218 Å². The van der Waals surface area contributed by atoms with Gasteiger partial charge in [0.2, 0.25) is 11.8 Å². The topological polar surface area (TPSA) is 49.4 Å². The molecule has 0 heterocycles. The summed E-state index contributed by atoms with van der Waals surface area (Å²) in [6.07, 6.45) is 0.339. The predicted octanol–water partition coefficient (Wildman–Crippen LogP) is 5.92. The van der Waals surface area contributed by atoms with Crippen LogP contribution in [0.4, 0.5) is 4.39 Å². The lowest BCUT2D eigenvalue weighted by molar-refractivity contribution is -0.140. The number of nitrogens with zero attached hydrogens (tertiary/aromatic N) is 1. The molecule has 6 heteroatoms. The van der Waals surface area contributed by atoms with E-state index in [2.05, 4.69) is 11.4 Å². The van der Waals surface area contributed by atoms with Crippen LogP contribution >= 0.6 is 11.8 Å². The first kappa shape index (κ1) is 27.5. The molecule has 4 nitrogen and oxygen atoms in total. The van der Waals surface area contributed by atoms with Crippen molar-refractivity contribution in [3.8, 4) is 0 Å². The van der Waals surface area contributed by atoms with E-state index in [0.717, 1.165) is 11.1 Å². The predicted molar refractivity (Wildman–Crippen MR) is 146 cm³/mol. The number of benzene rings is 3. The average molecular weight is 507 g/mol. The molecule has 0 radical (unpaired) electrons. The van der Waals surface area contributed by atoms with E-state index in [1.807, 2.05) is 76.2 Å². The highest BCUT2D eigenvalue weighted by Gasteiger charge is 2.32. The smallest absolute Gasteiger partial charge is 0.243 e. The first-order chi connectivity index (χ1) is 17.1. The molecule has 0 aliphatic carbocycles. The molecule has 0 aromatic heterocycles. The third kappa shape index (κ3) is 8.52. The van der Waals surface area contributed by atoms with Gasteiger partial charge < -0.3 is 10.2 Å². The number of nitrogens with one attached hydrogen (secondary N) is 1. The molecule has 3 aromatic rings. The molecule has 36 heavy (non-hydrogen) atoms. The Morgan fingerprint density at radius 1 is 0.944 bits per heavy atom. The highest BCUT2D eigenvalue weighted by molar-refractivity contribution is 7.99. The van der Waals surface area contributed by atoms with Gasteiger partial charge in [-0.25, -0.2) is 4.39 Å². The fourth-order valence-corrected chi connectivity index (χ4v) is 4.82. The monoisotopic (exact) mass is 506 g/mol. The number of rotatable bonds is 10. The Balaban J connectivity index is 1.88. The normalized spacial score (nSPS) is 12.1. The van der Waals surface area contributed by atoms with Crippen LogP contribution in [0.15, 0.2) is 78.9 Å². The van der Waals surface area contributed by atoms with Gasteiger partial charge in [0.25, 0.3) is 0 Å². The Morgan fingerprint density at radius 3 is 2.28 bits per heavy atom. The van der Waals surface area contributed by atoms with E-state index in [0.29, 0.717) is 17.7 Å². The van der Waals surface area contributed by atoms with Crippen molar-refractivity contribution >= 4 is 23.6 Å². The molecule has 1 N–H and O–H groups in total. The van der Waals surface area contributed by atoms with E-state index < -0.39 is 17.4 Å². The Kier molecular flexibility index (Phi) is 9.71. The van der Waals surface area contributed by atoms with E-state index >= 15 is 0 Å². The minimum Gasteiger partial charge on any atom is -0.350 e. The molecular weight excluding hydrogens is 471 g/mol. The number of aryl methyl sites for hydroxylation is 1. The van der Waals surface area contributed by atoms with Gasteiger partial charge in [0.05, 0.1) is 5.75 Å². The number of carbonyl (C=O) groups excluding carboxylic acids is 2. The number of carbonyl (C=O) groups is 2. The van der Waals surface area contributed by atoms with E-state index in [1.165, 1.54) is 28.3 Å². The maximum absolute atomic E-state index is 14.6. The summed E-state index contributed by atoms with van der Waals surface area (Å²) in [6.45, 7) is 7.78. The van der Waals surface area contributed by atoms with Crippen molar-refractivity contribution in [3.05, 3.63) is 107 Å². The fraction of sp³-hybridized carbons (Fsp3) is 0.333. The largest absolute Gasteiger partial charge is 0.350 e. The summed E-state index contributed by atoms with van der Waals surface area (Å²) in [7, 11) is 0. The molecule has 190 valence electrons. The van der Waals surface area contributed by atoms with E-state index in [1.54, 1.807) is 18.2 Å². The van der Waals surface area contributed by atoms with Crippen molar-refractivity contribution in [3.63, 3.8) is 0 Å². The number of hydrogen-bond acceptors (Lipinski definition) is 3. The fourth-order valence-electron chi connectivity index (χ4n) is 3.96. The second-order valence-electron chi connectivity index (χ2n) is 10.0. The van der Waals surface area contributed by atoms with Crippen molar-refractivity contribution in [2.45, 2.75) is 58.0 Å². The Morgan fingerprint density at radius 2 is 1.61 bits per heavy atom. The van der Waals surface area contributed by atoms with Gasteiger partial charge in [-0.05, 0) is 44.9 Å². The van der Waals surface area contributed by atoms with Crippen LogP contribution in [0, 0.1) is 12.7 Å². The molecule has 0 saturated carbocycles. The van der Waals surface area contributed by atoms with Gasteiger partial charge in [-0.2, -0.15) is 0 Å². The number of thioether (sulfide) groups is 1. The lowest BCUT2D eigenvalue weighted by atomic mass is 10.0. The summed E-state index contributed by atoms with van der Waals surface area (Å²) in [5.74, 6) is 0.0349.